The Morgan fingerprint density at radius 3 is 2.61 bits per heavy atom. The molecule has 0 aromatic carbocycles. The minimum atomic E-state index is 0.189. The molecule has 1 fully saturated rings. The van der Waals surface area contributed by atoms with Gasteiger partial charge in [0.1, 0.15) is 0 Å². The Hall–Kier alpha value is -0.830. The van der Waals surface area contributed by atoms with E-state index in [9.17, 15) is 4.79 Å². The molecular formula is C15H26N2O. The molecule has 0 radical (unpaired) electrons. The van der Waals surface area contributed by atoms with Crippen LogP contribution >= 0.6 is 0 Å². The first-order valence-corrected chi connectivity index (χ1v) is 7.11. The predicted molar refractivity (Wildman–Crippen MR) is 74.3 cm³/mol. The molecule has 3 heteroatoms. The topological polar surface area (TPSA) is 32.3 Å². The van der Waals surface area contributed by atoms with E-state index in [0.29, 0.717) is 11.9 Å². The Morgan fingerprint density at radius 1 is 1.44 bits per heavy atom. The molecule has 1 saturated heterocycles. The zero-order valence-electron chi connectivity index (χ0n) is 12.1. The van der Waals surface area contributed by atoms with E-state index in [1.807, 2.05) is 4.90 Å². The highest BCUT2D eigenvalue weighted by atomic mass is 16.2. The van der Waals surface area contributed by atoms with Crippen molar-refractivity contribution < 1.29 is 4.79 Å². The fraction of sp³-hybridized carbons (Fsp3) is 0.800. The highest BCUT2D eigenvalue weighted by Crippen LogP contribution is 2.31. The average molecular weight is 250 g/mol. The van der Waals surface area contributed by atoms with Crippen molar-refractivity contribution in [2.45, 2.75) is 46.6 Å². The Labute approximate surface area is 111 Å². The van der Waals surface area contributed by atoms with Crippen LogP contribution in [0.2, 0.25) is 0 Å². The molecule has 2 aliphatic rings. The molecule has 2 aliphatic heterocycles. The van der Waals surface area contributed by atoms with Crippen LogP contribution in [0.4, 0.5) is 0 Å². The van der Waals surface area contributed by atoms with Gasteiger partial charge in [-0.2, -0.15) is 0 Å². The second kappa shape index (κ2) is 5.04. The Balaban J connectivity index is 1.97. The zero-order chi connectivity index (χ0) is 13.3. The van der Waals surface area contributed by atoms with Crippen LogP contribution in [0, 0.1) is 11.3 Å². The van der Waals surface area contributed by atoms with E-state index in [0.717, 1.165) is 32.5 Å². The molecular weight excluding hydrogens is 224 g/mol. The van der Waals surface area contributed by atoms with E-state index in [1.54, 1.807) is 0 Å². The molecule has 3 nitrogen and oxygen atoms in total. The summed E-state index contributed by atoms with van der Waals surface area (Å²) in [5, 5.41) is 3.36. The van der Waals surface area contributed by atoms with E-state index < -0.39 is 0 Å². The van der Waals surface area contributed by atoms with Gasteiger partial charge in [0.2, 0.25) is 5.91 Å². The fourth-order valence-electron chi connectivity index (χ4n) is 2.98. The molecule has 18 heavy (non-hydrogen) atoms. The molecule has 2 heterocycles. The van der Waals surface area contributed by atoms with Crippen molar-refractivity contribution in [3.63, 3.8) is 0 Å². The maximum atomic E-state index is 12.4. The van der Waals surface area contributed by atoms with Crippen molar-refractivity contribution in [3.8, 4) is 0 Å². The van der Waals surface area contributed by atoms with Crippen LogP contribution < -0.4 is 5.32 Å². The third-order valence-electron chi connectivity index (χ3n) is 4.33. The number of nitrogens with zero attached hydrogens (tertiary/aromatic N) is 1. The van der Waals surface area contributed by atoms with Crippen molar-refractivity contribution in [1.82, 2.24) is 10.2 Å². The van der Waals surface area contributed by atoms with Crippen LogP contribution in [-0.4, -0.2) is 36.5 Å². The molecule has 0 bridgehead atoms. The lowest BCUT2D eigenvalue weighted by atomic mass is 9.82. The van der Waals surface area contributed by atoms with Crippen molar-refractivity contribution >= 4 is 5.91 Å². The van der Waals surface area contributed by atoms with Gasteiger partial charge in [-0.1, -0.05) is 32.4 Å². The maximum Gasteiger partial charge on any atom is 0.227 e. The van der Waals surface area contributed by atoms with Gasteiger partial charge in [-0.25, -0.2) is 0 Å². The highest BCUT2D eigenvalue weighted by molar-refractivity contribution is 5.80. The normalized spacial score (nSPS) is 29.3. The van der Waals surface area contributed by atoms with Gasteiger partial charge < -0.3 is 10.2 Å². The number of carbonyl (C=O) groups is 1. The quantitative estimate of drug-likeness (QED) is 0.724. The lowest BCUT2D eigenvalue weighted by Crippen LogP contribution is -2.42. The summed E-state index contributed by atoms with van der Waals surface area (Å²) in [7, 11) is 0. The summed E-state index contributed by atoms with van der Waals surface area (Å²) >= 11 is 0. The monoisotopic (exact) mass is 250 g/mol. The number of rotatable bonds is 1. The Morgan fingerprint density at radius 2 is 2.17 bits per heavy atom. The van der Waals surface area contributed by atoms with E-state index in [2.05, 4.69) is 39.1 Å². The van der Waals surface area contributed by atoms with Crippen molar-refractivity contribution in [2.24, 2.45) is 11.3 Å². The smallest absolute Gasteiger partial charge is 0.227 e. The molecule has 1 amide bonds. The van der Waals surface area contributed by atoms with Crippen LogP contribution in [0.25, 0.3) is 0 Å². The van der Waals surface area contributed by atoms with Gasteiger partial charge in [0.25, 0.3) is 0 Å². The molecule has 0 aromatic heterocycles. The molecule has 0 saturated carbocycles. The molecule has 1 N–H and O–H groups in total. The van der Waals surface area contributed by atoms with Gasteiger partial charge >= 0.3 is 0 Å². The van der Waals surface area contributed by atoms with Crippen LogP contribution in [-0.2, 0) is 4.79 Å². The first-order valence-electron chi connectivity index (χ1n) is 7.11. The van der Waals surface area contributed by atoms with Gasteiger partial charge in [-0.05, 0) is 31.7 Å². The van der Waals surface area contributed by atoms with E-state index in [-0.39, 0.29) is 11.3 Å². The molecule has 0 aliphatic carbocycles. The minimum Gasteiger partial charge on any atom is -0.338 e. The number of amides is 1. The summed E-state index contributed by atoms with van der Waals surface area (Å²) in [6, 6.07) is 0.338. The van der Waals surface area contributed by atoms with Gasteiger partial charge in [-0.15, -0.1) is 0 Å². The van der Waals surface area contributed by atoms with Gasteiger partial charge in [0, 0.05) is 19.1 Å². The SMILES string of the molecule is CC1NCCC1C(=O)N1CC=C(C(C)(C)C)CC1. The van der Waals surface area contributed by atoms with Gasteiger partial charge in [0.15, 0.2) is 0 Å². The van der Waals surface area contributed by atoms with E-state index in [1.165, 1.54) is 5.57 Å². The minimum absolute atomic E-state index is 0.189. The largest absolute Gasteiger partial charge is 0.338 e. The summed E-state index contributed by atoms with van der Waals surface area (Å²) in [5.74, 6) is 0.534. The highest BCUT2D eigenvalue weighted by Gasteiger charge is 2.33. The average Bonchev–Trinajstić information content (AvgIpc) is 2.73. The number of hydrogen-bond acceptors (Lipinski definition) is 2. The number of nitrogens with one attached hydrogen (secondary N) is 1. The number of hydrogen-bond donors (Lipinski definition) is 1. The molecule has 0 spiro atoms. The van der Waals surface area contributed by atoms with Crippen molar-refractivity contribution in [2.75, 3.05) is 19.6 Å². The lowest BCUT2D eigenvalue weighted by molar-refractivity contribution is -0.135. The molecule has 2 atom stereocenters. The summed E-state index contributed by atoms with van der Waals surface area (Å²) in [6.45, 7) is 11.5. The first kappa shape index (κ1) is 13.6. The zero-order valence-corrected chi connectivity index (χ0v) is 12.1. The third-order valence-corrected chi connectivity index (χ3v) is 4.33. The molecule has 0 aromatic rings. The summed E-state index contributed by atoms with van der Waals surface area (Å²) < 4.78 is 0. The Bertz CT molecular complexity index is 354. The van der Waals surface area contributed by atoms with Crippen LogP contribution in [0.1, 0.15) is 40.5 Å². The summed E-state index contributed by atoms with van der Waals surface area (Å²) in [5.41, 5.74) is 1.74. The van der Waals surface area contributed by atoms with Crippen molar-refractivity contribution in [3.05, 3.63) is 11.6 Å². The second-order valence-corrected chi connectivity index (χ2v) is 6.65. The third kappa shape index (κ3) is 2.77. The van der Waals surface area contributed by atoms with E-state index >= 15 is 0 Å². The van der Waals surface area contributed by atoms with Gasteiger partial charge in [0.05, 0.1) is 5.92 Å². The molecule has 2 unspecified atom stereocenters. The maximum absolute atomic E-state index is 12.4. The predicted octanol–water partition coefficient (Wildman–Crippen LogP) is 2.19. The standard InChI is InChI=1S/C15H26N2O/c1-11-13(5-8-16-11)14(18)17-9-6-12(7-10-17)15(2,3)4/h6,11,13,16H,5,7-10H2,1-4H3. The summed E-state index contributed by atoms with van der Waals surface area (Å²) in [4.78, 5) is 14.5. The van der Waals surface area contributed by atoms with Crippen molar-refractivity contribution in [1.29, 1.82) is 0 Å². The Kier molecular flexibility index (Phi) is 3.81. The van der Waals surface area contributed by atoms with Gasteiger partial charge in [-0.3, -0.25) is 4.79 Å². The molecule has 102 valence electrons. The first-order chi connectivity index (χ1) is 8.39. The van der Waals surface area contributed by atoms with Crippen LogP contribution in [0.5, 0.6) is 0 Å². The summed E-state index contributed by atoms with van der Waals surface area (Å²) in [6.07, 6.45) is 4.28. The molecule has 2 rings (SSSR count). The second-order valence-electron chi connectivity index (χ2n) is 6.65. The fourth-order valence-corrected chi connectivity index (χ4v) is 2.98. The van der Waals surface area contributed by atoms with Crippen LogP contribution in [0.15, 0.2) is 11.6 Å². The number of carbonyl (C=O) groups excluding carboxylic acids is 1. The lowest BCUT2D eigenvalue weighted by Gasteiger charge is -2.34. The van der Waals surface area contributed by atoms with Crippen LogP contribution in [0.3, 0.4) is 0 Å². The van der Waals surface area contributed by atoms with E-state index in [4.69, 9.17) is 0 Å².